The second kappa shape index (κ2) is 8.45. The Balaban J connectivity index is 1.48. The fourth-order valence-corrected chi connectivity index (χ4v) is 4.44. The van der Waals surface area contributed by atoms with Gasteiger partial charge in [0, 0.05) is 24.3 Å². The van der Waals surface area contributed by atoms with Crippen molar-refractivity contribution in [2.75, 3.05) is 12.8 Å². The number of sulfone groups is 1. The van der Waals surface area contributed by atoms with Crippen LogP contribution in [0.1, 0.15) is 35.4 Å². The smallest absolute Gasteiger partial charge is 0.175 e. The van der Waals surface area contributed by atoms with Gasteiger partial charge in [0.15, 0.2) is 21.4 Å². The van der Waals surface area contributed by atoms with E-state index in [9.17, 15) is 13.2 Å². The van der Waals surface area contributed by atoms with Gasteiger partial charge in [-0.3, -0.25) is 9.69 Å². The number of benzene rings is 2. The van der Waals surface area contributed by atoms with Gasteiger partial charge in [0.2, 0.25) is 0 Å². The third kappa shape index (κ3) is 4.47. The normalized spacial score (nSPS) is 17.3. The molecule has 4 rings (SSSR count). The Labute approximate surface area is 175 Å². The quantitative estimate of drug-likeness (QED) is 0.536. The Morgan fingerprint density at radius 1 is 1.10 bits per heavy atom. The first-order valence-corrected chi connectivity index (χ1v) is 11.7. The number of likely N-dealkylation sites (tertiary alicyclic amines) is 1. The Kier molecular flexibility index (Phi) is 5.74. The van der Waals surface area contributed by atoms with Gasteiger partial charge in [0.05, 0.1) is 17.1 Å². The van der Waals surface area contributed by atoms with E-state index in [2.05, 4.69) is 20.4 Å². The summed E-state index contributed by atoms with van der Waals surface area (Å²) in [6.45, 7) is 1.40. The predicted octanol–water partition coefficient (Wildman–Crippen LogP) is 2.30. The van der Waals surface area contributed by atoms with E-state index in [1.807, 2.05) is 30.3 Å². The number of carbonyl (C=O) groups is 1. The number of carbonyl (C=O) groups excluding carboxylic acids is 1. The fourth-order valence-electron chi connectivity index (χ4n) is 3.81. The molecule has 2 heterocycles. The van der Waals surface area contributed by atoms with Gasteiger partial charge in [-0.2, -0.15) is 4.68 Å². The molecule has 2 aromatic carbocycles. The minimum atomic E-state index is -3.26. The van der Waals surface area contributed by atoms with Crippen LogP contribution in [-0.4, -0.2) is 58.2 Å². The van der Waals surface area contributed by atoms with E-state index >= 15 is 0 Å². The molecule has 8 nitrogen and oxygen atoms in total. The minimum absolute atomic E-state index is 0.142. The molecule has 1 fully saturated rings. The maximum Gasteiger partial charge on any atom is 0.175 e. The average Bonchev–Trinajstić information content (AvgIpc) is 3.38. The van der Waals surface area contributed by atoms with Crippen LogP contribution in [0.25, 0.3) is 5.69 Å². The highest BCUT2D eigenvalue weighted by molar-refractivity contribution is 7.90. The topological polar surface area (TPSA) is 98.0 Å². The van der Waals surface area contributed by atoms with Crippen LogP contribution in [0, 0.1) is 0 Å². The SMILES string of the molecule is CS(=O)(=O)c1ccc(-n2nnnc2CN2CCCC2CC(=O)c2ccccc2)cc1. The molecule has 0 bridgehead atoms. The van der Waals surface area contributed by atoms with Crippen molar-refractivity contribution in [1.29, 1.82) is 0 Å². The molecule has 1 aliphatic heterocycles. The van der Waals surface area contributed by atoms with Gasteiger partial charge >= 0.3 is 0 Å². The molecule has 30 heavy (non-hydrogen) atoms. The molecule has 0 amide bonds. The summed E-state index contributed by atoms with van der Waals surface area (Å²) in [5.74, 6) is 0.796. The standard InChI is InChI=1S/C21H23N5O3S/c1-30(28,29)19-11-9-17(10-12-19)26-21(22-23-24-26)15-25-13-5-8-18(25)14-20(27)16-6-3-2-4-7-16/h2-4,6-7,9-12,18H,5,8,13-15H2,1H3. The molecule has 1 atom stereocenters. The monoisotopic (exact) mass is 425 g/mol. The Morgan fingerprint density at radius 3 is 2.53 bits per heavy atom. The third-order valence-electron chi connectivity index (χ3n) is 5.40. The number of hydrogen-bond donors (Lipinski definition) is 0. The van der Waals surface area contributed by atoms with Crippen molar-refractivity contribution in [3.63, 3.8) is 0 Å². The van der Waals surface area contributed by atoms with Gasteiger partial charge in [-0.15, -0.1) is 5.10 Å². The Bertz CT molecular complexity index is 1130. The van der Waals surface area contributed by atoms with Crippen LogP contribution in [0.3, 0.4) is 0 Å². The molecule has 1 saturated heterocycles. The molecule has 0 aliphatic carbocycles. The summed E-state index contributed by atoms with van der Waals surface area (Å²) >= 11 is 0. The lowest BCUT2D eigenvalue weighted by Gasteiger charge is -2.23. The zero-order valence-electron chi connectivity index (χ0n) is 16.7. The van der Waals surface area contributed by atoms with Crippen molar-refractivity contribution in [3.8, 4) is 5.69 Å². The second-order valence-corrected chi connectivity index (χ2v) is 9.55. The van der Waals surface area contributed by atoms with Crippen molar-refractivity contribution >= 4 is 15.6 Å². The minimum Gasteiger partial charge on any atom is -0.294 e. The summed E-state index contributed by atoms with van der Waals surface area (Å²) in [6, 6.07) is 16.0. The lowest BCUT2D eigenvalue weighted by Crippen LogP contribution is -2.32. The van der Waals surface area contributed by atoms with Crippen molar-refractivity contribution in [3.05, 3.63) is 66.0 Å². The maximum atomic E-state index is 12.6. The van der Waals surface area contributed by atoms with Crippen LogP contribution in [0.2, 0.25) is 0 Å². The zero-order valence-corrected chi connectivity index (χ0v) is 17.5. The summed E-state index contributed by atoms with van der Waals surface area (Å²) < 4.78 is 25.0. The van der Waals surface area contributed by atoms with Gasteiger partial charge < -0.3 is 0 Å². The van der Waals surface area contributed by atoms with E-state index in [0.29, 0.717) is 24.5 Å². The van der Waals surface area contributed by atoms with Crippen LogP contribution in [0.4, 0.5) is 0 Å². The fraction of sp³-hybridized carbons (Fsp3) is 0.333. The van der Waals surface area contributed by atoms with Crippen LogP contribution >= 0.6 is 0 Å². The first kappa shape index (κ1) is 20.4. The number of aromatic nitrogens is 4. The molecule has 0 spiro atoms. The lowest BCUT2D eigenvalue weighted by molar-refractivity contribution is 0.0937. The van der Waals surface area contributed by atoms with Crippen LogP contribution < -0.4 is 0 Å². The number of hydrogen-bond acceptors (Lipinski definition) is 7. The summed E-state index contributed by atoms with van der Waals surface area (Å²) in [5, 5.41) is 12.0. The predicted molar refractivity (Wildman–Crippen MR) is 111 cm³/mol. The molecule has 0 saturated carbocycles. The molecule has 1 aliphatic rings. The molecule has 9 heteroatoms. The second-order valence-electron chi connectivity index (χ2n) is 7.53. The van der Waals surface area contributed by atoms with E-state index in [1.165, 1.54) is 6.26 Å². The van der Waals surface area contributed by atoms with Crippen molar-refractivity contribution in [2.45, 2.75) is 36.7 Å². The van der Waals surface area contributed by atoms with Gasteiger partial charge in [0.25, 0.3) is 0 Å². The number of Topliss-reactive ketones (excluding diaryl/α,β-unsaturated/α-hetero) is 1. The van der Waals surface area contributed by atoms with Gasteiger partial charge in [-0.05, 0) is 54.1 Å². The van der Waals surface area contributed by atoms with Gasteiger partial charge in [-0.1, -0.05) is 30.3 Å². The third-order valence-corrected chi connectivity index (χ3v) is 6.53. The summed E-state index contributed by atoms with van der Waals surface area (Å²) in [6.07, 6.45) is 3.63. The number of ketones is 1. The molecule has 156 valence electrons. The van der Waals surface area contributed by atoms with Crippen molar-refractivity contribution in [1.82, 2.24) is 25.1 Å². The van der Waals surface area contributed by atoms with E-state index in [-0.39, 0.29) is 16.7 Å². The number of tetrazole rings is 1. The first-order valence-electron chi connectivity index (χ1n) is 9.82. The number of nitrogens with zero attached hydrogens (tertiary/aromatic N) is 5. The zero-order chi connectivity index (χ0) is 21.1. The van der Waals surface area contributed by atoms with E-state index < -0.39 is 9.84 Å². The molecular weight excluding hydrogens is 402 g/mol. The summed E-state index contributed by atoms with van der Waals surface area (Å²) in [4.78, 5) is 15.1. The largest absolute Gasteiger partial charge is 0.294 e. The van der Waals surface area contributed by atoms with Gasteiger partial charge in [-0.25, -0.2) is 8.42 Å². The van der Waals surface area contributed by atoms with E-state index in [0.717, 1.165) is 24.9 Å². The maximum absolute atomic E-state index is 12.6. The highest BCUT2D eigenvalue weighted by Gasteiger charge is 2.28. The summed E-state index contributed by atoms with van der Waals surface area (Å²) in [5.41, 5.74) is 1.43. The van der Waals surface area contributed by atoms with E-state index in [1.54, 1.807) is 28.9 Å². The van der Waals surface area contributed by atoms with Crippen LogP contribution in [0.5, 0.6) is 0 Å². The Morgan fingerprint density at radius 2 is 1.83 bits per heavy atom. The molecule has 1 aromatic heterocycles. The van der Waals surface area contributed by atoms with Gasteiger partial charge in [0.1, 0.15) is 0 Å². The van der Waals surface area contributed by atoms with Crippen molar-refractivity contribution < 1.29 is 13.2 Å². The average molecular weight is 426 g/mol. The molecular formula is C21H23N5O3S. The van der Waals surface area contributed by atoms with E-state index in [4.69, 9.17) is 0 Å². The first-order chi connectivity index (χ1) is 14.4. The Hall–Kier alpha value is -2.91. The van der Waals surface area contributed by atoms with Crippen molar-refractivity contribution in [2.24, 2.45) is 0 Å². The number of rotatable bonds is 7. The molecule has 0 N–H and O–H groups in total. The molecule has 0 radical (unpaired) electrons. The van der Waals surface area contributed by atoms with Crippen LogP contribution in [0.15, 0.2) is 59.5 Å². The molecule has 3 aromatic rings. The highest BCUT2D eigenvalue weighted by Crippen LogP contribution is 2.24. The van der Waals surface area contributed by atoms with Crippen LogP contribution in [-0.2, 0) is 16.4 Å². The highest BCUT2D eigenvalue weighted by atomic mass is 32.2. The lowest BCUT2D eigenvalue weighted by atomic mass is 10.0. The summed E-state index contributed by atoms with van der Waals surface area (Å²) in [7, 11) is -3.26. The molecule has 1 unspecified atom stereocenters.